The van der Waals surface area contributed by atoms with Crippen LogP contribution in [0.4, 0.5) is 5.69 Å². The van der Waals surface area contributed by atoms with E-state index in [1.165, 1.54) is 5.56 Å². The molecule has 1 aliphatic rings. The Labute approximate surface area is 124 Å². The van der Waals surface area contributed by atoms with Crippen molar-refractivity contribution in [2.45, 2.75) is 45.4 Å². The summed E-state index contributed by atoms with van der Waals surface area (Å²) in [5.74, 6) is 0. The van der Waals surface area contributed by atoms with E-state index in [-0.39, 0.29) is 12.1 Å². The Balaban J connectivity index is 1.78. The van der Waals surface area contributed by atoms with Crippen LogP contribution in [0.2, 0.25) is 0 Å². The van der Waals surface area contributed by atoms with Crippen molar-refractivity contribution in [2.24, 2.45) is 0 Å². The first-order valence-electron chi connectivity index (χ1n) is 7.43. The van der Waals surface area contributed by atoms with Gasteiger partial charge in [0, 0.05) is 24.3 Å². The molecule has 3 rings (SSSR count). The molecular weight excluding hydrogens is 266 g/mol. The van der Waals surface area contributed by atoms with E-state index in [1.54, 1.807) is 12.4 Å². The molecule has 2 aromatic heterocycles. The highest BCUT2D eigenvalue weighted by atomic mass is 16.3. The smallest absolute Gasteiger partial charge is 0.0782 e. The average Bonchev–Trinajstić information content (AvgIpc) is 2.85. The van der Waals surface area contributed by atoms with Gasteiger partial charge in [0.2, 0.25) is 0 Å². The largest absolute Gasteiger partial charge is 0.391 e. The Bertz CT molecular complexity index is 597. The Morgan fingerprint density at radius 3 is 2.76 bits per heavy atom. The summed E-state index contributed by atoms with van der Waals surface area (Å²) < 4.78 is 1.97. The Morgan fingerprint density at radius 2 is 2.19 bits per heavy atom. The fraction of sp³-hybridized carbons (Fsp3) is 0.533. The van der Waals surface area contributed by atoms with Crippen molar-refractivity contribution in [1.29, 1.82) is 0 Å². The summed E-state index contributed by atoms with van der Waals surface area (Å²) in [6, 6.07) is 2.11. The number of hydrogen-bond donors (Lipinski definition) is 1. The zero-order chi connectivity index (χ0) is 14.8. The number of anilines is 1. The van der Waals surface area contributed by atoms with Crippen LogP contribution in [0.1, 0.15) is 37.1 Å². The summed E-state index contributed by atoms with van der Waals surface area (Å²) in [6.07, 6.45) is 7.04. The van der Waals surface area contributed by atoms with Gasteiger partial charge < -0.3 is 10.0 Å². The summed E-state index contributed by atoms with van der Waals surface area (Å²) in [4.78, 5) is 2.24. The molecule has 2 heterocycles. The molecule has 112 valence electrons. The van der Waals surface area contributed by atoms with E-state index < -0.39 is 0 Å². The molecule has 0 saturated heterocycles. The van der Waals surface area contributed by atoms with Gasteiger partial charge in [0.15, 0.2) is 0 Å². The lowest BCUT2D eigenvalue weighted by Crippen LogP contribution is -2.35. The molecule has 2 aromatic rings. The second kappa shape index (κ2) is 5.81. The maximum absolute atomic E-state index is 9.81. The summed E-state index contributed by atoms with van der Waals surface area (Å²) in [5.41, 5.74) is 3.38. The number of hydrogen-bond acceptors (Lipinski definition) is 5. The summed E-state index contributed by atoms with van der Waals surface area (Å²) in [6.45, 7) is 5.88. The molecule has 0 amide bonds. The van der Waals surface area contributed by atoms with E-state index in [9.17, 15) is 5.11 Å². The lowest BCUT2D eigenvalue weighted by molar-refractivity contribution is 0.0243. The first-order chi connectivity index (χ1) is 10.2. The number of aliphatic hydroxyl groups excluding tert-OH is 1. The van der Waals surface area contributed by atoms with Crippen molar-refractivity contribution in [3.8, 4) is 0 Å². The fourth-order valence-corrected chi connectivity index (χ4v) is 2.76. The fourth-order valence-electron chi connectivity index (χ4n) is 2.76. The minimum Gasteiger partial charge on any atom is -0.391 e. The molecule has 6 nitrogen and oxygen atoms in total. The van der Waals surface area contributed by atoms with Gasteiger partial charge >= 0.3 is 0 Å². The average molecular weight is 287 g/mol. The Kier molecular flexibility index (Phi) is 3.88. The van der Waals surface area contributed by atoms with E-state index in [4.69, 9.17) is 0 Å². The van der Waals surface area contributed by atoms with Crippen molar-refractivity contribution in [2.75, 3.05) is 11.4 Å². The van der Waals surface area contributed by atoms with Crippen LogP contribution in [0.15, 0.2) is 24.7 Å². The highest BCUT2D eigenvalue weighted by Crippen LogP contribution is 2.33. The van der Waals surface area contributed by atoms with Crippen LogP contribution in [0.5, 0.6) is 0 Å². The maximum atomic E-state index is 9.81. The molecule has 6 heteroatoms. The van der Waals surface area contributed by atoms with Gasteiger partial charge in [-0.05, 0) is 32.8 Å². The second-order valence-electron chi connectivity index (χ2n) is 5.53. The van der Waals surface area contributed by atoms with E-state index >= 15 is 0 Å². The quantitative estimate of drug-likeness (QED) is 0.906. The predicted octanol–water partition coefficient (Wildman–Crippen LogP) is 1.70. The minimum atomic E-state index is -0.247. The zero-order valence-corrected chi connectivity index (χ0v) is 12.5. The monoisotopic (exact) mass is 287 g/mol. The summed E-state index contributed by atoms with van der Waals surface area (Å²) in [5, 5.41) is 22.0. The molecule has 0 radical (unpaired) electrons. The highest BCUT2D eigenvalue weighted by molar-refractivity contribution is 5.43. The molecule has 1 aliphatic carbocycles. The van der Waals surface area contributed by atoms with Crippen LogP contribution in [0.25, 0.3) is 0 Å². The topological polar surface area (TPSA) is 67.1 Å². The number of aliphatic hydroxyl groups is 1. The number of nitrogens with zero attached hydrogens (tertiary/aromatic N) is 5. The lowest BCUT2D eigenvalue weighted by Gasteiger charge is -2.33. The third-order valence-corrected chi connectivity index (χ3v) is 4.34. The van der Waals surface area contributed by atoms with Crippen LogP contribution in [0, 0.1) is 6.92 Å². The zero-order valence-electron chi connectivity index (χ0n) is 12.5. The molecular formula is C15H21N5O. The van der Waals surface area contributed by atoms with E-state index in [0.717, 1.165) is 37.3 Å². The molecule has 21 heavy (non-hydrogen) atoms. The van der Waals surface area contributed by atoms with Crippen LogP contribution >= 0.6 is 0 Å². The van der Waals surface area contributed by atoms with Gasteiger partial charge in [-0.3, -0.25) is 4.68 Å². The predicted molar refractivity (Wildman–Crippen MR) is 80.0 cm³/mol. The maximum Gasteiger partial charge on any atom is 0.0782 e. The molecule has 0 aromatic carbocycles. The third kappa shape index (κ3) is 2.63. The molecule has 1 saturated carbocycles. The van der Waals surface area contributed by atoms with Gasteiger partial charge in [0.1, 0.15) is 0 Å². The van der Waals surface area contributed by atoms with Crippen LogP contribution in [-0.2, 0) is 6.54 Å². The van der Waals surface area contributed by atoms with Crippen molar-refractivity contribution >= 4 is 5.69 Å². The van der Waals surface area contributed by atoms with Crippen LogP contribution < -0.4 is 4.90 Å². The number of rotatable bonds is 5. The van der Waals surface area contributed by atoms with Gasteiger partial charge in [0.05, 0.1) is 36.4 Å². The first kappa shape index (κ1) is 14.0. The Morgan fingerprint density at radius 1 is 1.33 bits per heavy atom. The van der Waals surface area contributed by atoms with Gasteiger partial charge in [-0.2, -0.15) is 15.3 Å². The van der Waals surface area contributed by atoms with Crippen LogP contribution in [0.3, 0.4) is 0 Å². The first-order valence-corrected chi connectivity index (χ1v) is 7.43. The minimum absolute atomic E-state index is 0.149. The molecule has 2 unspecified atom stereocenters. The van der Waals surface area contributed by atoms with Gasteiger partial charge in [-0.15, -0.1) is 0 Å². The van der Waals surface area contributed by atoms with Crippen molar-refractivity contribution in [3.05, 3.63) is 35.9 Å². The molecule has 0 spiro atoms. The van der Waals surface area contributed by atoms with Gasteiger partial charge in [-0.1, -0.05) is 0 Å². The molecule has 0 aliphatic heterocycles. The van der Waals surface area contributed by atoms with Gasteiger partial charge in [-0.25, -0.2) is 0 Å². The second-order valence-corrected chi connectivity index (χ2v) is 5.53. The van der Waals surface area contributed by atoms with Crippen molar-refractivity contribution < 1.29 is 5.11 Å². The van der Waals surface area contributed by atoms with E-state index in [2.05, 4.69) is 34.0 Å². The SMILES string of the molecule is CCN(Cc1cnn(C2CCC2O)c1C)c1ccnnc1. The molecule has 1 fully saturated rings. The standard InChI is InChI=1S/C15H21N5O/c1-3-19(13-6-7-16-17-9-13)10-12-8-18-20(11(12)2)14-4-5-15(14)21/h6-9,14-15,21H,3-5,10H2,1-2H3. The summed E-state index contributed by atoms with van der Waals surface area (Å²) in [7, 11) is 0. The van der Waals surface area contributed by atoms with Gasteiger partial charge in [0.25, 0.3) is 0 Å². The summed E-state index contributed by atoms with van der Waals surface area (Å²) >= 11 is 0. The van der Waals surface area contributed by atoms with Crippen molar-refractivity contribution in [1.82, 2.24) is 20.0 Å². The van der Waals surface area contributed by atoms with Crippen LogP contribution in [-0.4, -0.2) is 37.7 Å². The third-order valence-electron chi connectivity index (χ3n) is 4.34. The van der Waals surface area contributed by atoms with E-state index in [0.29, 0.717) is 0 Å². The lowest BCUT2D eigenvalue weighted by atomic mass is 9.89. The normalized spacial score (nSPS) is 21.1. The Hall–Kier alpha value is -1.95. The molecule has 1 N–H and O–H groups in total. The molecule has 0 bridgehead atoms. The van der Waals surface area contributed by atoms with E-state index in [1.807, 2.05) is 16.9 Å². The molecule has 2 atom stereocenters. The number of aromatic nitrogens is 4. The van der Waals surface area contributed by atoms with Crippen molar-refractivity contribution in [3.63, 3.8) is 0 Å². The highest BCUT2D eigenvalue weighted by Gasteiger charge is 2.32.